The average molecular weight is 295 g/mol. The van der Waals surface area contributed by atoms with E-state index in [1.165, 1.54) is 24.3 Å². The van der Waals surface area contributed by atoms with Gasteiger partial charge in [-0.3, -0.25) is 4.79 Å². The van der Waals surface area contributed by atoms with Gasteiger partial charge in [-0.2, -0.15) is 0 Å². The van der Waals surface area contributed by atoms with E-state index < -0.39 is 0 Å². The molecule has 0 aromatic heterocycles. The summed E-state index contributed by atoms with van der Waals surface area (Å²) in [5.41, 5.74) is 0.554. The maximum Gasteiger partial charge on any atom is 0.163 e. The van der Waals surface area contributed by atoms with Gasteiger partial charge in [0.25, 0.3) is 0 Å². The van der Waals surface area contributed by atoms with E-state index in [1.807, 2.05) is 24.3 Å². The van der Waals surface area contributed by atoms with Crippen LogP contribution in [0.15, 0.2) is 53.4 Å². The van der Waals surface area contributed by atoms with Gasteiger partial charge in [0.2, 0.25) is 0 Å². The lowest BCUT2D eigenvalue weighted by atomic mass is 10.1. The molecule has 0 spiro atoms. The minimum atomic E-state index is -0.327. The normalized spacial score (nSPS) is 10.4. The van der Waals surface area contributed by atoms with Gasteiger partial charge in [-0.25, -0.2) is 4.39 Å². The Morgan fingerprint density at radius 2 is 1.68 bits per heavy atom. The molecule has 0 aliphatic carbocycles. The van der Waals surface area contributed by atoms with E-state index in [0.29, 0.717) is 22.8 Å². The molecule has 0 N–H and O–H groups in total. The van der Waals surface area contributed by atoms with E-state index in [1.54, 1.807) is 11.8 Å². The molecule has 1 nitrogen and oxygen atoms in total. The van der Waals surface area contributed by atoms with Gasteiger partial charge >= 0.3 is 0 Å². The maximum atomic E-state index is 12.7. The van der Waals surface area contributed by atoms with Crippen molar-refractivity contribution in [2.45, 2.75) is 11.3 Å². The molecule has 0 amide bonds. The first-order valence-corrected chi connectivity index (χ1v) is 7.18. The Morgan fingerprint density at radius 3 is 2.32 bits per heavy atom. The van der Waals surface area contributed by atoms with E-state index in [9.17, 15) is 9.18 Å². The van der Waals surface area contributed by atoms with Crippen molar-refractivity contribution in [2.24, 2.45) is 0 Å². The summed E-state index contributed by atoms with van der Waals surface area (Å²) in [4.78, 5) is 12.9. The number of Topliss-reactive ketones (excluding diaryl/α,β-unsaturated/α-hetero) is 1. The predicted octanol–water partition coefficient (Wildman–Crippen LogP) is 4.84. The zero-order valence-electron chi connectivity index (χ0n) is 10.1. The molecule has 0 unspecified atom stereocenters. The summed E-state index contributed by atoms with van der Waals surface area (Å²) in [6, 6.07) is 13.1. The number of benzene rings is 2. The Bertz CT molecular complexity index is 551. The summed E-state index contributed by atoms with van der Waals surface area (Å²) in [6.45, 7) is 0. The number of ketones is 1. The first-order chi connectivity index (χ1) is 9.15. The third-order valence-electron chi connectivity index (χ3n) is 2.58. The molecule has 0 bridgehead atoms. The molecular formula is C15H12ClFOS. The number of halogens is 2. The summed E-state index contributed by atoms with van der Waals surface area (Å²) in [7, 11) is 0. The van der Waals surface area contributed by atoms with E-state index >= 15 is 0 Å². The smallest absolute Gasteiger partial charge is 0.163 e. The topological polar surface area (TPSA) is 17.1 Å². The van der Waals surface area contributed by atoms with Gasteiger partial charge in [-0.1, -0.05) is 11.6 Å². The lowest BCUT2D eigenvalue weighted by molar-refractivity contribution is 0.0989. The van der Waals surface area contributed by atoms with Crippen LogP contribution in [-0.2, 0) is 0 Å². The highest BCUT2D eigenvalue weighted by atomic mass is 35.5. The second kappa shape index (κ2) is 6.73. The summed E-state index contributed by atoms with van der Waals surface area (Å²) in [6.07, 6.45) is 0.429. The fourth-order valence-electron chi connectivity index (χ4n) is 1.57. The van der Waals surface area contributed by atoms with Crippen molar-refractivity contribution in [1.82, 2.24) is 0 Å². The lowest BCUT2D eigenvalue weighted by Crippen LogP contribution is -2.00. The number of thioether (sulfide) groups is 1. The summed E-state index contributed by atoms with van der Waals surface area (Å²) < 4.78 is 12.7. The number of hydrogen-bond donors (Lipinski definition) is 0. The molecule has 2 rings (SSSR count). The molecule has 0 saturated heterocycles. The first kappa shape index (κ1) is 14.1. The molecular weight excluding hydrogens is 283 g/mol. The van der Waals surface area contributed by atoms with E-state index in [2.05, 4.69) is 0 Å². The second-order valence-corrected chi connectivity index (χ2v) is 5.59. The third-order valence-corrected chi connectivity index (χ3v) is 3.84. The largest absolute Gasteiger partial charge is 0.294 e. The van der Waals surface area contributed by atoms with Crippen molar-refractivity contribution in [3.63, 3.8) is 0 Å². The van der Waals surface area contributed by atoms with Gasteiger partial charge in [-0.05, 0) is 48.5 Å². The number of hydrogen-bond acceptors (Lipinski definition) is 2. The van der Waals surface area contributed by atoms with Crippen molar-refractivity contribution in [1.29, 1.82) is 0 Å². The Labute approximate surface area is 120 Å². The number of carbonyl (C=O) groups is 1. The minimum absolute atomic E-state index is 0.0291. The molecule has 98 valence electrons. The van der Waals surface area contributed by atoms with E-state index in [-0.39, 0.29) is 11.6 Å². The van der Waals surface area contributed by atoms with Crippen LogP contribution in [0.25, 0.3) is 0 Å². The second-order valence-electron chi connectivity index (χ2n) is 3.98. The molecule has 0 saturated carbocycles. The number of carbonyl (C=O) groups excluding carboxylic acids is 1. The molecule has 2 aromatic rings. The van der Waals surface area contributed by atoms with Gasteiger partial charge in [-0.15, -0.1) is 11.8 Å². The average Bonchev–Trinajstić information content (AvgIpc) is 2.41. The Morgan fingerprint density at radius 1 is 1.05 bits per heavy atom. The minimum Gasteiger partial charge on any atom is -0.294 e. The summed E-state index contributed by atoms with van der Waals surface area (Å²) in [5.74, 6) is 0.395. The van der Waals surface area contributed by atoms with E-state index in [4.69, 9.17) is 11.6 Å². The molecule has 19 heavy (non-hydrogen) atoms. The molecule has 0 radical (unpaired) electrons. The van der Waals surface area contributed by atoms with Crippen LogP contribution >= 0.6 is 23.4 Å². The third kappa shape index (κ3) is 4.37. The van der Waals surface area contributed by atoms with Crippen LogP contribution in [0.4, 0.5) is 4.39 Å². The van der Waals surface area contributed by atoms with Crippen molar-refractivity contribution in [3.8, 4) is 0 Å². The summed E-state index contributed by atoms with van der Waals surface area (Å²) in [5, 5.41) is 0.701. The van der Waals surface area contributed by atoms with Crippen molar-refractivity contribution < 1.29 is 9.18 Å². The maximum absolute atomic E-state index is 12.7. The van der Waals surface area contributed by atoms with Gasteiger partial charge in [0.15, 0.2) is 5.78 Å². The highest BCUT2D eigenvalue weighted by Crippen LogP contribution is 2.21. The van der Waals surface area contributed by atoms with Gasteiger partial charge < -0.3 is 0 Å². The molecule has 0 fully saturated rings. The fraction of sp³-hybridized carbons (Fsp3) is 0.133. The van der Waals surface area contributed by atoms with Crippen LogP contribution in [0.5, 0.6) is 0 Å². The van der Waals surface area contributed by atoms with Crippen molar-refractivity contribution in [3.05, 3.63) is 64.9 Å². The molecule has 0 aliphatic heterocycles. The predicted molar refractivity (Wildman–Crippen MR) is 77.5 cm³/mol. The van der Waals surface area contributed by atoms with Crippen LogP contribution in [-0.4, -0.2) is 11.5 Å². The van der Waals surface area contributed by atoms with Crippen LogP contribution in [0.2, 0.25) is 5.02 Å². The SMILES string of the molecule is O=C(CCSc1ccc(Cl)cc1)c1ccc(F)cc1. The standard InChI is InChI=1S/C15H12ClFOS/c16-12-3-7-14(8-4-12)19-10-9-15(18)11-1-5-13(17)6-2-11/h1-8H,9-10H2. The van der Waals surface area contributed by atoms with Crippen LogP contribution in [0, 0.1) is 5.82 Å². The first-order valence-electron chi connectivity index (χ1n) is 5.82. The molecule has 0 aliphatic rings. The number of rotatable bonds is 5. The Hall–Kier alpha value is -1.32. The monoisotopic (exact) mass is 294 g/mol. The molecule has 4 heteroatoms. The van der Waals surface area contributed by atoms with Crippen LogP contribution < -0.4 is 0 Å². The Balaban J connectivity index is 1.84. The van der Waals surface area contributed by atoms with Crippen LogP contribution in [0.1, 0.15) is 16.8 Å². The quantitative estimate of drug-likeness (QED) is 0.579. The zero-order chi connectivity index (χ0) is 13.7. The lowest BCUT2D eigenvalue weighted by Gasteiger charge is -2.02. The van der Waals surface area contributed by atoms with Crippen molar-refractivity contribution >= 4 is 29.1 Å². The molecule has 0 heterocycles. The van der Waals surface area contributed by atoms with Gasteiger partial charge in [0.05, 0.1) is 0 Å². The highest BCUT2D eigenvalue weighted by molar-refractivity contribution is 7.99. The molecule has 2 aromatic carbocycles. The fourth-order valence-corrected chi connectivity index (χ4v) is 2.55. The van der Waals surface area contributed by atoms with Gasteiger partial charge in [0.1, 0.15) is 5.82 Å². The molecule has 0 atom stereocenters. The highest BCUT2D eigenvalue weighted by Gasteiger charge is 2.06. The van der Waals surface area contributed by atoms with Gasteiger partial charge in [0, 0.05) is 27.7 Å². The summed E-state index contributed by atoms with van der Waals surface area (Å²) >= 11 is 7.40. The zero-order valence-corrected chi connectivity index (χ0v) is 11.7. The van der Waals surface area contributed by atoms with E-state index in [0.717, 1.165) is 4.90 Å². The van der Waals surface area contributed by atoms with Crippen LogP contribution in [0.3, 0.4) is 0 Å². The van der Waals surface area contributed by atoms with Crippen molar-refractivity contribution in [2.75, 3.05) is 5.75 Å². The Kier molecular flexibility index (Phi) is 5.00.